The minimum absolute atomic E-state index is 0.0849. The first-order chi connectivity index (χ1) is 9.65. The largest absolute Gasteiger partial charge is 0.379 e. The molecule has 1 fully saturated rings. The Morgan fingerprint density at radius 1 is 1.30 bits per heavy atom. The molecule has 1 aliphatic heterocycles. The fourth-order valence-electron chi connectivity index (χ4n) is 2.00. The van der Waals surface area contributed by atoms with E-state index in [0.717, 1.165) is 24.4 Å². The predicted octanol–water partition coefficient (Wildman–Crippen LogP) is 1.17. The van der Waals surface area contributed by atoms with E-state index in [1.807, 2.05) is 38.1 Å². The highest BCUT2D eigenvalue weighted by molar-refractivity contribution is 5.99. The lowest BCUT2D eigenvalue weighted by atomic mass is 10.1. The van der Waals surface area contributed by atoms with Crippen LogP contribution in [-0.2, 0) is 9.53 Å². The van der Waals surface area contributed by atoms with Crippen molar-refractivity contribution in [2.24, 2.45) is 5.10 Å². The van der Waals surface area contributed by atoms with Crippen LogP contribution in [0.4, 0.5) is 0 Å². The third-order valence-corrected chi connectivity index (χ3v) is 3.29. The van der Waals surface area contributed by atoms with Crippen molar-refractivity contribution in [1.82, 2.24) is 10.3 Å². The molecular formula is C15H21N3O2. The molecule has 2 rings (SSSR count). The van der Waals surface area contributed by atoms with Crippen LogP contribution >= 0.6 is 0 Å². The summed E-state index contributed by atoms with van der Waals surface area (Å²) in [5.74, 6) is -0.0849. The summed E-state index contributed by atoms with van der Waals surface area (Å²) in [5.41, 5.74) is 5.64. The minimum Gasteiger partial charge on any atom is -0.379 e. The van der Waals surface area contributed by atoms with Crippen molar-refractivity contribution < 1.29 is 9.53 Å². The third-order valence-electron chi connectivity index (χ3n) is 3.29. The first-order valence-corrected chi connectivity index (χ1v) is 6.85. The van der Waals surface area contributed by atoms with Crippen LogP contribution in [0.5, 0.6) is 0 Å². The Hall–Kier alpha value is -1.72. The molecule has 1 amide bonds. The fraction of sp³-hybridized carbons (Fsp3) is 0.467. The molecule has 20 heavy (non-hydrogen) atoms. The number of hydrazone groups is 1. The number of rotatable bonds is 4. The highest BCUT2D eigenvalue weighted by Gasteiger charge is 2.13. The number of hydrogen-bond donors (Lipinski definition) is 1. The lowest BCUT2D eigenvalue weighted by molar-refractivity contribution is -0.123. The van der Waals surface area contributed by atoms with Gasteiger partial charge in [0, 0.05) is 13.1 Å². The van der Waals surface area contributed by atoms with Crippen LogP contribution in [0.3, 0.4) is 0 Å². The highest BCUT2D eigenvalue weighted by Crippen LogP contribution is 2.04. The molecule has 0 radical (unpaired) electrons. The molecule has 0 saturated carbocycles. The van der Waals surface area contributed by atoms with Gasteiger partial charge >= 0.3 is 0 Å². The molecule has 1 aromatic carbocycles. The summed E-state index contributed by atoms with van der Waals surface area (Å²) in [5, 5.41) is 4.15. The molecular weight excluding hydrogens is 254 g/mol. The van der Waals surface area contributed by atoms with Crippen LogP contribution in [0.15, 0.2) is 29.4 Å². The summed E-state index contributed by atoms with van der Waals surface area (Å²) in [7, 11) is 0. The van der Waals surface area contributed by atoms with Crippen LogP contribution in [0, 0.1) is 6.92 Å². The van der Waals surface area contributed by atoms with Crippen molar-refractivity contribution in [1.29, 1.82) is 0 Å². The Kier molecular flexibility index (Phi) is 5.26. The molecule has 0 atom stereocenters. The highest BCUT2D eigenvalue weighted by atomic mass is 16.5. The first kappa shape index (κ1) is 14.7. The van der Waals surface area contributed by atoms with E-state index in [9.17, 15) is 4.79 Å². The van der Waals surface area contributed by atoms with Gasteiger partial charge in [0.15, 0.2) is 0 Å². The maximum absolute atomic E-state index is 11.8. The number of ether oxygens (including phenoxy) is 1. The molecule has 5 heteroatoms. The van der Waals surface area contributed by atoms with E-state index in [2.05, 4.69) is 15.4 Å². The summed E-state index contributed by atoms with van der Waals surface area (Å²) >= 11 is 0. The van der Waals surface area contributed by atoms with Crippen molar-refractivity contribution in [2.75, 3.05) is 32.8 Å². The van der Waals surface area contributed by atoms with Crippen LogP contribution in [-0.4, -0.2) is 49.4 Å². The second-order valence-electron chi connectivity index (χ2n) is 4.99. The standard InChI is InChI=1S/C15H21N3O2/c1-12-3-5-14(6-4-12)13(2)16-17-15(19)11-18-7-9-20-10-8-18/h3-6H,7-11H2,1-2H3,(H,17,19)/b16-13-. The summed E-state index contributed by atoms with van der Waals surface area (Å²) < 4.78 is 5.25. The zero-order valence-electron chi connectivity index (χ0n) is 12.1. The fourth-order valence-corrected chi connectivity index (χ4v) is 2.00. The SMILES string of the molecule is C/C(=N/NC(=O)CN1CCOCC1)c1ccc(C)cc1. The zero-order valence-corrected chi connectivity index (χ0v) is 12.1. The minimum atomic E-state index is -0.0849. The van der Waals surface area contributed by atoms with Gasteiger partial charge < -0.3 is 4.74 Å². The van der Waals surface area contributed by atoms with Gasteiger partial charge in [0.25, 0.3) is 5.91 Å². The molecule has 1 saturated heterocycles. The van der Waals surface area contributed by atoms with Crippen molar-refractivity contribution in [3.63, 3.8) is 0 Å². The van der Waals surface area contributed by atoms with Gasteiger partial charge in [0.05, 0.1) is 25.5 Å². The number of carbonyl (C=O) groups excluding carboxylic acids is 1. The second kappa shape index (κ2) is 7.17. The molecule has 0 bridgehead atoms. The molecule has 1 aliphatic rings. The van der Waals surface area contributed by atoms with Crippen molar-refractivity contribution in [3.8, 4) is 0 Å². The summed E-state index contributed by atoms with van der Waals surface area (Å²) in [6, 6.07) is 8.07. The van der Waals surface area contributed by atoms with E-state index in [1.165, 1.54) is 5.56 Å². The van der Waals surface area contributed by atoms with Gasteiger partial charge in [0.1, 0.15) is 0 Å². The van der Waals surface area contributed by atoms with Crippen molar-refractivity contribution in [3.05, 3.63) is 35.4 Å². The topological polar surface area (TPSA) is 53.9 Å². The number of benzene rings is 1. The van der Waals surface area contributed by atoms with Gasteiger partial charge in [-0.25, -0.2) is 5.43 Å². The summed E-state index contributed by atoms with van der Waals surface area (Å²) in [6.07, 6.45) is 0. The predicted molar refractivity (Wildman–Crippen MR) is 78.8 cm³/mol. The van der Waals surface area contributed by atoms with Crippen LogP contribution < -0.4 is 5.43 Å². The summed E-state index contributed by atoms with van der Waals surface area (Å²) in [6.45, 7) is 7.29. The number of nitrogens with one attached hydrogen (secondary N) is 1. The number of nitrogens with zero attached hydrogens (tertiary/aromatic N) is 2. The Balaban J connectivity index is 1.84. The van der Waals surface area contributed by atoms with E-state index in [1.54, 1.807) is 0 Å². The Labute approximate surface area is 119 Å². The Morgan fingerprint density at radius 3 is 2.60 bits per heavy atom. The number of hydrogen-bond acceptors (Lipinski definition) is 4. The molecule has 1 N–H and O–H groups in total. The van der Waals surface area contributed by atoms with E-state index in [4.69, 9.17) is 4.74 Å². The third kappa shape index (κ3) is 4.43. The molecule has 5 nitrogen and oxygen atoms in total. The quantitative estimate of drug-likeness (QED) is 0.663. The van der Waals surface area contributed by atoms with Gasteiger partial charge in [-0.15, -0.1) is 0 Å². The van der Waals surface area contributed by atoms with E-state index in [0.29, 0.717) is 19.8 Å². The van der Waals surface area contributed by atoms with Gasteiger partial charge in [-0.05, 0) is 19.4 Å². The van der Waals surface area contributed by atoms with Crippen molar-refractivity contribution in [2.45, 2.75) is 13.8 Å². The smallest absolute Gasteiger partial charge is 0.254 e. The molecule has 0 aliphatic carbocycles. The van der Waals surface area contributed by atoms with Gasteiger partial charge in [-0.1, -0.05) is 29.8 Å². The molecule has 0 aromatic heterocycles. The molecule has 1 heterocycles. The maximum Gasteiger partial charge on any atom is 0.254 e. The van der Waals surface area contributed by atoms with E-state index >= 15 is 0 Å². The molecule has 108 valence electrons. The number of aryl methyl sites for hydroxylation is 1. The Morgan fingerprint density at radius 2 is 1.95 bits per heavy atom. The van der Waals surface area contributed by atoms with E-state index in [-0.39, 0.29) is 5.91 Å². The molecule has 0 spiro atoms. The average molecular weight is 275 g/mol. The molecule has 0 unspecified atom stereocenters. The number of morpholine rings is 1. The van der Waals surface area contributed by atoms with Crippen molar-refractivity contribution >= 4 is 11.6 Å². The average Bonchev–Trinajstić information content (AvgIpc) is 2.46. The lowest BCUT2D eigenvalue weighted by Crippen LogP contribution is -2.42. The zero-order chi connectivity index (χ0) is 14.4. The summed E-state index contributed by atoms with van der Waals surface area (Å²) in [4.78, 5) is 13.9. The van der Waals surface area contributed by atoms with Gasteiger partial charge in [-0.3, -0.25) is 9.69 Å². The van der Waals surface area contributed by atoms with Gasteiger partial charge in [-0.2, -0.15) is 5.10 Å². The number of amides is 1. The number of carbonyl (C=O) groups is 1. The lowest BCUT2D eigenvalue weighted by Gasteiger charge is -2.25. The van der Waals surface area contributed by atoms with E-state index < -0.39 is 0 Å². The first-order valence-electron chi connectivity index (χ1n) is 6.85. The van der Waals surface area contributed by atoms with Gasteiger partial charge in [0.2, 0.25) is 0 Å². The van der Waals surface area contributed by atoms with Crippen LogP contribution in [0.25, 0.3) is 0 Å². The maximum atomic E-state index is 11.8. The van der Waals surface area contributed by atoms with Crippen LogP contribution in [0.2, 0.25) is 0 Å². The molecule has 1 aromatic rings. The normalized spacial score (nSPS) is 17.0. The Bertz CT molecular complexity index is 476. The monoisotopic (exact) mass is 275 g/mol. The second-order valence-corrected chi connectivity index (χ2v) is 4.99. The van der Waals surface area contributed by atoms with Crippen LogP contribution in [0.1, 0.15) is 18.1 Å².